The fraction of sp³-hybridized carbons (Fsp3) is 0.312. The van der Waals surface area contributed by atoms with Gasteiger partial charge in [-0.25, -0.2) is 0 Å². The lowest BCUT2D eigenvalue weighted by Crippen LogP contribution is -2.45. The predicted octanol–water partition coefficient (Wildman–Crippen LogP) is 4.32. The van der Waals surface area contributed by atoms with Gasteiger partial charge in [0.1, 0.15) is 50.4 Å². The SMILES string of the molecule is CON=C1COc2cc(C3([N+](=O)[O-])C=CC=CC3COCC3C=CC=CC3(c3ccc4c(c3)OCC4=NOC)[N+](=O)[O-])ccc21. The highest BCUT2D eigenvalue weighted by Gasteiger charge is 2.53. The smallest absolute Gasteiger partial charge is 0.274 e. The average Bonchev–Trinajstić information content (AvgIpc) is 3.64. The maximum atomic E-state index is 12.8. The summed E-state index contributed by atoms with van der Waals surface area (Å²) in [5.41, 5.74) is 0.100. The summed E-state index contributed by atoms with van der Waals surface area (Å²) >= 11 is 0. The van der Waals surface area contributed by atoms with E-state index in [-0.39, 0.29) is 36.3 Å². The Kier molecular flexibility index (Phi) is 7.94. The minimum absolute atomic E-state index is 0.0673. The van der Waals surface area contributed by atoms with Crippen LogP contribution in [0, 0.1) is 32.1 Å². The monoisotopic (exact) mass is 614 g/mol. The second-order valence-corrected chi connectivity index (χ2v) is 10.8. The van der Waals surface area contributed by atoms with Crippen molar-refractivity contribution < 1.29 is 33.7 Å². The molecule has 0 radical (unpaired) electrons. The number of allylic oxidation sites excluding steroid dienone is 4. The van der Waals surface area contributed by atoms with E-state index in [0.717, 1.165) is 0 Å². The van der Waals surface area contributed by atoms with Crippen molar-refractivity contribution in [1.29, 1.82) is 0 Å². The highest BCUT2D eigenvalue weighted by atomic mass is 16.6. The Balaban J connectivity index is 1.26. The number of rotatable bonds is 10. The number of oxime groups is 2. The topological polar surface area (TPSA) is 157 Å². The van der Waals surface area contributed by atoms with Gasteiger partial charge in [-0.15, -0.1) is 0 Å². The molecule has 0 aromatic heterocycles. The zero-order valence-corrected chi connectivity index (χ0v) is 24.5. The van der Waals surface area contributed by atoms with Gasteiger partial charge in [-0.1, -0.05) is 58.9 Å². The van der Waals surface area contributed by atoms with Crippen LogP contribution in [0.1, 0.15) is 22.3 Å². The molecular weight excluding hydrogens is 584 g/mol. The van der Waals surface area contributed by atoms with Crippen molar-refractivity contribution in [2.45, 2.75) is 11.1 Å². The average molecular weight is 615 g/mol. The Bertz CT molecular complexity index is 1590. The van der Waals surface area contributed by atoms with E-state index in [1.54, 1.807) is 72.9 Å². The van der Waals surface area contributed by atoms with Crippen molar-refractivity contribution >= 4 is 11.4 Å². The molecule has 0 bridgehead atoms. The Labute approximate surface area is 258 Å². The Morgan fingerprint density at radius 1 is 0.756 bits per heavy atom. The molecule has 2 aromatic rings. The normalized spacial score (nSPS) is 27.6. The molecule has 2 heterocycles. The van der Waals surface area contributed by atoms with E-state index in [2.05, 4.69) is 10.3 Å². The predicted molar refractivity (Wildman–Crippen MR) is 163 cm³/mol. The van der Waals surface area contributed by atoms with Crippen molar-refractivity contribution in [3.63, 3.8) is 0 Å². The summed E-state index contributed by atoms with van der Waals surface area (Å²) in [5.74, 6) is -0.491. The molecule has 0 amide bonds. The fourth-order valence-corrected chi connectivity index (χ4v) is 6.33. The molecule has 4 atom stereocenters. The summed E-state index contributed by atoms with van der Waals surface area (Å²) in [4.78, 5) is 34.7. The summed E-state index contributed by atoms with van der Waals surface area (Å²) in [6, 6.07) is 10.1. The minimum atomic E-state index is -1.66. The Morgan fingerprint density at radius 3 is 1.60 bits per heavy atom. The lowest BCUT2D eigenvalue weighted by atomic mass is 9.75. The van der Waals surface area contributed by atoms with Crippen LogP contribution >= 0.6 is 0 Å². The third kappa shape index (κ3) is 4.94. The number of ether oxygens (including phenoxy) is 3. The van der Waals surface area contributed by atoms with Crippen molar-refractivity contribution in [2.24, 2.45) is 22.1 Å². The van der Waals surface area contributed by atoms with Crippen LogP contribution in [0.2, 0.25) is 0 Å². The molecule has 0 saturated carbocycles. The fourth-order valence-electron chi connectivity index (χ4n) is 6.33. The van der Waals surface area contributed by atoms with Gasteiger partial charge in [-0.2, -0.15) is 0 Å². The van der Waals surface area contributed by atoms with Crippen molar-refractivity contribution in [3.05, 3.63) is 127 Å². The first-order chi connectivity index (χ1) is 21.8. The molecule has 13 heteroatoms. The first-order valence-electron chi connectivity index (χ1n) is 14.2. The maximum Gasteiger partial charge on any atom is 0.274 e. The molecule has 6 rings (SSSR count). The third-order valence-corrected chi connectivity index (χ3v) is 8.58. The van der Waals surface area contributed by atoms with Gasteiger partial charge in [0.25, 0.3) is 11.1 Å². The van der Waals surface area contributed by atoms with E-state index in [4.69, 9.17) is 23.9 Å². The molecule has 4 unspecified atom stereocenters. The van der Waals surface area contributed by atoms with Crippen LogP contribution in [-0.4, -0.2) is 61.9 Å². The van der Waals surface area contributed by atoms with Gasteiger partial charge in [0, 0.05) is 32.1 Å². The highest BCUT2D eigenvalue weighted by molar-refractivity contribution is 6.06. The van der Waals surface area contributed by atoms with Crippen LogP contribution in [0.15, 0.2) is 95.3 Å². The molecule has 2 aliphatic carbocycles. The molecule has 4 aliphatic rings. The van der Waals surface area contributed by atoms with Gasteiger partial charge in [0.2, 0.25) is 0 Å². The van der Waals surface area contributed by atoms with Gasteiger partial charge in [0.05, 0.1) is 25.0 Å². The second-order valence-electron chi connectivity index (χ2n) is 10.8. The number of nitro groups is 2. The molecule has 232 valence electrons. The quantitative estimate of drug-likeness (QED) is 0.281. The zero-order chi connectivity index (χ0) is 31.6. The van der Waals surface area contributed by atoms with Crippen LogP contribution in [0.25, 0.3) is 0 Å². The number of hydrogen-bond donors (Lipinski definition) is 0. The summed E-state index contributed by atoms with van der Waals surface area (Å²) in [6.45, 7) is 0.255. The largest absolute Gasteiger partial charge is 0.486 e. The van der Waals surface area contributed by atoms with Crippen LogP contribution in [0.3, 0.4) is 0 Å². The number of nitrogens with zero attached hydrogens (tertiary/aromatic N) is 4. The lowest BCUT2D eigenvalue weighted by Gasteiger charge is -2.33. The van der Waals surface area contributed by atoms with Gasteiger partial charge < -0.3 is 23.9 Å². The van der Waals surface area contributed by atoms with E-state index in [1.807, 2.05) is 0 Å². The molecule has 2 aromatic carbocycles. The number of hydrogen-bond acceptors (Lipinski definition) is 11. The first-order valence-corrected chi connectivity index (χ1v) is 14.2. The number of fused-ring (bicyclic) bond motifs is 2. The van der Waals surface area contributed by atoms with Gasteiger partial charge >= 0.3 is 0 Å². The van der Waals surface area contributed by atoms with Crippen molar-refractivity contribution in [2.75, 3.05) is 40.6 Å². The van der Waals surface area contributed by atoms with Crippen LogP contribution in [0.4, 0.5) is 0 Å². The third-order valence-electron chi connectivity index (χ3n) is 8.58. The Hall–Kier alpha value is -5.30. The zero-order valence-electron chi connectivity index (χ0n) is 24.5. The lowest BCUT2D eigenvalue weighted by molar-refractivity contribution is -0.575. The van der Waals surface area contributed by atoms with Gasteiger partial charge in [0.15, 0.2) is 0 Å². The second kappa shape index (κ2) is 12.0. The van der Waals surface area contributed by atoms with Crippen molar-refractivity contribution in [3.8, 4) is 11.5 Å². The molecule has 2 aliphatic heterocycles. The van der Waals surface area contributed by atoms with Crippen LogP contribution in [0.5, 0.6) is 11.5 Å². The van der Waals surface area contributed by atoms with Gasteiger partial charge in [-0.05, 0) is 36.4 Å². The highest BCUT2D eigenvalue weighted by Crippen LogP contribution is 2.43. The minimum Gasteiger partial charge on any atom is -0.486 e. The summed E-state index contributed by atoms with van der Waals surface area (Å²) in [7, 11) is 2.88. The maximum absolute atomic E-state index is 12.8. The Morgan fingerprint density at radius 2 is 1.20 bits per heavy atom. The molecule has 45 heavy (non-hydrogen) atoms. The van der Waals surface area contributed by atoms with E-state index in [1.165, 1.54) is 26.4 Å². The van der Waals surface area contributed by atoms with E-state index in [9.17, 15) is 20.2 Å². The first kappa shape index (κ1) is 29.8. The molecule has 0 spiro atoms. The molecule has 0 fully saturated rings. The van der Waals surface area contributed by atoms with E-state index >= 15 is 0 Å². The molecular formula is C32H30N4O9. The standard InChI is InChI=1S/C32H30N4O9/c1-41-33-27-19-44-29-15-21(9-11-25(27)29)31(35(37)38)13-5-3-7-23(31)17-43-18-24-8-4-6-14-32(24,36(39)40)22-10-12-26-28(34-42-2)20-45-30(26)16-22/h3-16,23-24H,17-20H2,1-2H3. The number of benzene rings is 2. The van der Waals surface area contributed by atoms with E-state index < -0.39 is 22.9 Å². The van der Waals surface area contributed by atoms with Crippen molar-refractivity contribution in [1.82, 2.24) is 0 Å². The summed E-state index contributed by atoms with van der Waals surface area (Å²) in [6.07, 6.45) is 13.3. The van der Waals surface area contributed by atoms with Crippen LogP contribution in [-0.2, 0) is 25.5 Å². The summed E-state index contributed by atoms with van der Waals surface area (Å²) in [5, 5.41) is 33.5. The van der Waals surface area contributed by atoms with Crippen LogP contribution < -0.4 is 9.47 Å². The molecule has 13 nitrogen and oxygen atoms in total. The summed E-state index contributed by atoms with van der Waals surface area (Å²) < 4.78 is 17.6. The van der Waals surface area contributed by atoms with E-state index in [0.29, 0.717) is 45.2 Å². The van der Waals surface area contributed by atoms with Gasteiger partial charge in [-0.3, -0.25) is 20.2 Å². The molecule has 0 N–H and O–H groups in total. The molecule has 0 saturated heterocycles.